The Balaban J connectivity index is 1.25. The summed E-state index contributed by atoms with van der Waals surface area (Å²) in [5, 5.41) is 8.70. The maximum absolute atomic E-state index is 12.5. The average molecular weight is 406 g/mol. The number of carbonyl (C=O) groups excluding carboxylic acids is 1. The van der Waals surface area contributed by atoms with Crippen LogP contribution in [-0.2, 0) is 10.5 Å². The molecule has 148 valence electrons. The fourth-order valence-electron chi connectivity index (χ4n) is 3.27. The summed E-state index contributed by atoms with van der Waals surface area (Å²) in [6, 6.07) is 18.1. The molecule has 7 heteroatoms. The highest BCUT2D eigenvalue weighted by Gasteiger charge is 2.22. The molecule has 0 radical (unpaired) electrons. The summed E-state index contributed by atoms with van der Waals surface area (Å²) in [4.78, 5) is 20.7. The first-order chi connectivity index (χ1) is 14.3. The second kappa shape index (κ2) is 9.52. The molecule has 0 atom stereocenters. The van der Waals surface area contributed by atoms with Crippen molar-refractivity contribution < 1.29 is 4.79 Å². The molecular weight excluding hydrogens is 382 g/mol. The lowest BCUT2D eigenvalue weighted by atomic mass is 10.2. The zero-order chi connectivity index (χ0) is 19.9. The Labute approximate surface area is 175 Å². The number of pyridine rings is 1. The number of rotatable bonds is 6. The van der Waals surface area contributed by atoms with Gasteiger partial charge in [0.15, 0.2) is 5.82 Å². The SMILES string of the molecule is O=C(CSCc1ccccc1)N1CCN(c2ccc(-c3cccnc3)nn2)CC1. The van der Waals surface area contributed by atoms with E-state index in [1.165, 1.54) is 5.56 Å². The Bertz CT molecular complexity index is 913. The normalized spacial score (nSPS) is 14.1. The van der Waals surface area contributed by atoms with Gasteiger partial charge in [0.05, 0.1) is 11.4 Å². The molecule has 0 bridgehead atoms. The van der Waals surface area contributed by atoms with Crippen molar-refractivity contribution in [2.75, 3.05) is 36.8 Å². The van der Waals surface area contributed by atoms with E-state index in [1.807, 2.05) is 47.4 Å². The van der Waals surface area contributed by atoms with Crippen LogP contribution in [0.4, 0.5) is 5.82 Å². The Morgan fingerprint density at radius 2 is 1.76 bits per heavy atom. The first-order valence-corrected chi connectivity index (χ1v) is 10.8. The molecule has 1 aliphatic rings. The predicted octanol–water partition coefficient (Wildman–Crippen LogP) is 3.12. The first kappa shape index (κ1) is 19.4. The minimum Gasteiger partial charge on any atom is -0.352 e. The number of hydrogen-bond acceptors (Lipinski definition) is 6. The number of piperazine rings is 1. The molecular formula is C22H23N5OS. The van der Waals surface area contributed by atoms with Gasteiger partial charge in [-0.1, -0.05) is 30.3 Å². The van der Waals surface area contributed by atoms with Gasteiger partial charge in [0, 0.05) is 49.9 Å². The number of anilines is 1. The summed E-state index contributed by atoms with van der Waals surface area (Å²) >= 11 is 1.67. The molecule has 1 fully saturated rings. The zero-order valence-corrected chi connectivity index (χ0v) is 17.0. The first-order valence-electron chi connectivity index (χ1n) is 9.68. The van der Waals surface area contributed by atoms with Crippen molar-refractivity contribution in [3.8, 4) is 11.3 Å². The van der Waals surface area contributed by atoms with Crippen LogP contribution in [0.3, 0.4) is 0 Å². The van der Waals surface area contributed by atoms with Gasteiger partial charge in [-0.3, -0.25) is 9.78 Å². The standard InChI is InChI=1S/C22H23N5OS/c28-22(17-29-16-18-5-2-1-3-6-18)27-13-11-26(12-14-27)21-9-8-20(24-25-21)19-7-4-10-23-15-19/h1-10,15H,11-14,16-17H2. The highest BCUT2D eigenvalue weighted by atomic mass is 32.2. The molecule has 1 aromatic carbocycles. The fraction of sp³-hybridized carbons (Fsp3) is 0.273. The predicted molar refractivity (Wildman–Crippen MR) is 117 cm³/mol. The molecule has 1 saturated heterocycles. The topological polar surface area (TPSA) is 62.2 Å². The van der Waals surface area contributed by atoms with E-state index in [4.69, 9.17) is 0 Å². The van der Waals surface area contributed by atoms with E-state index in [0.29, 0.717) is 5.75 Å². The molecule has 0 unspecified atom stereocenters. The van der Waals surface area contributed by atoms with Gasteiger partial charge in [-0.15, -0.1) is 22.0 Å². The minimum absolute atomic E-state index is 0.212. The number of amides is 1. The largest absolute Gasteiger partial charge is 0.352 e. The van der Waals surface area contributed by atoms with Gasteiger partial charge in [-0.2, -0.15) is 0 Å². The van der Waals surface area contributed by atoms with Crippen molar-refractivity contribution in [1.29, 1.82) is 0 Å². The van der Waals surface area contributed by atoms with E-state index in [9.17, 15) is 4.79 Å². The molecule has 3 heterocycles. The van der Waals surface area contributed by atoms with E-state index < -0.39 is 0 Å². The fourth-order valence-corrected chi connectivity index (χ4v) is 4.16. The van der Waals surface area contributed by atoms with Crippen LogP contribution in [0.2, 0.25) is 0 Å². The van der Waals surface area contributed by atoms with Crippen LogP contribution in [0.15, 0.2) is 67.0 Å². The monoisotopic (exact) mass is 405 g/mol. The van der Waals surface area contributed by atoms with Gasteiger partial charge < -0.3 is 9.80 Å². The molecule has 1 aliphatic heterocycles. The van der Waals surface area contributed by atoms with Gasteiger partial charge in [-0.25, -0.2) is 0 Å². The molecule has 3 aromatic rings. The second-order valence-electron chi connectivity index (χ2n) is 6.86. The summed E-state index contributed by atoms with van der Waals surface area (Å²) < 4.78 is 0. The van der Waals surface area contributed by atoms with E-state index >= 15 is 0 Å². The Kier molecular flexibility index (Phi) is 6.36. The number of nitrogens with zero attached hydrogens (tertiary/aromatic N) is 5. The molecule has 6 nitrogen and oxygen atoms in total. The van der Waals surface area contributed by atoms with Crippen LogP contribution in [-0.4, -0.2) is 57.9 Å². The van der Waals surface area contributed by atoms with Gasteiger partial charge in [0.25, 0.3) is 0 Å². The summed E-state index contributed by atoms with van der Waals surface area (Å²) in [7, 11) is 0. The molecule has 2 aromatic heterocycles. The number of aromatic nitrogens is 3. The number of carbonyl (C=O) groups is 1. The van der Waals surface area contributed by atoms with Crippen molar-refractivity contribution in [2.45, 2.75) is 5.75 Å². The third-order valence-electron chi connectivity index (χ3n) is 4.90. The van der Waals surface area contributed by atoms with Crippen LogP contribution in [0.25, 0.3) is 11.3 Å². The summed E-state index contributed by atoms with van der Waals surface area (Å²) in [5.41, 5.74) is 3.02. The van der Waals surface area contributed by atoms with E-state index in [-0.39, 0.29) is 5.91 Å². The average Bonchev–Trinajstić information content (AvgIpc) is 2.80. The van der Waals surface area contributed by atoms with Crippen LogP contribution in [0.1, 0.15) is 5.56 Å². The van der Waals surface area contributed by atoms with Crippen molar-refractivity contribution in [2.24, 2.45) is 0 Å². The molecule has 0 N–H and O–H groups in total. The molecule has 1 amide bonds. The smallest absolute Gasteiger partial charge is 0.232 e. The lowest BCUT2D eigenvalue weighted by Crippen LogP contribution is -2.49. The third kappa shape index (κ3) is 5.12. The quantitative estimate of drug-likeness (QED) is 0.628. The lowest BCUT2D eigenvalue weighted by Gasteiger charge is -2.35. The van der Waals surface area contributed by atoms with Crippen molar-refractivity contribution in [1.82, 2.24) is 20.1 Å². The Morgan fingerprint density at radius 1 is 0.931 bits per heavy atom. The number of thioether (sulfide) groups is 1. The van der Waals surface area contributed by atoms with Crippen molar-refractivity contribution in [3.63, 3.8) is 0 Å². The second-order valence-corrected chi connectivity index (χ2v) is 7.85. The number of hydrogen-bond donors (Lipinski definition) is 0. The highest BCUT2D eigenvalue weighted by Crippen LogP contribution is 2.19. The van der Waals surface area contributed by atoms with E-state index in [1.54, 1.807) is 24.2 Å². The van der Waals surface area contributed by atoms with Crippen LogP contribution in [0, 0.1) is 0 Å². The van der Waals surface area contributed by atoms with Crippen LogP contribution >= 0.6 is 11.8 Å². The van der Waals surface area contributed by atoms with Crippen LogP contribution in [0.5, 0.6) is 0 Å². The Morgan fingerprint density at radius 3 is 2.45 bits per heavy atom. The molecule has 0 spiro atoms. The maximum Gasteiger partial charge on any atom is 0.232 e. The highest BCUT2D eigenvalue weighted by molar-refractivity contribution is 7.99. The van der Waals surface area contributed by atoms with Crippen molar-refractivity contribution >= 4 is 23.5 Å². The van der Waals surface area contributed by atoms with Gasteiger partial charge >= 0.3 is 0 Å². The molecule has 4 rings (SSSR count). The van der Waals surface area contributed by atoms with Gasteiger partial charge in [-0.05, 0) is 29.8 Å². The van der Waals surface area contributed by atoms with E-state index in [2.05, 4.69) is 32.2 Å². The zero-order valence-electron chi connectivity index (χ0n) is 16.1. The molecule has 29 heavy (non-hydrogen) atoms. The summed E-state index contributed by atoms with van der Waals surface area (Å²) in [5.74, 6) is 2.45. The molecule has 0 aliphatic carbocycles. The van der Waals surface area contributed by atoms with Gasteiger partial charge in [0.1, 0.15) is 0 Å². The Hall–Kier alpha value is -2.93. The molecule has 0 saturated carbocycles. The third-order valence-corrected chi connectivity index (χ3v) is 5.89. The van der Waals surface area contributed by atoms with Crippen LogP contribution < -0.4 is 4.90 Å². The summed E-state index contributed by atoms with van der Waals surface area (Å²) in [6.45, 7) is 2.99. The van der Waals surface area contributed by atoms with Crippen molar-refractivity contribution in [3.05, 3.63) is 72.6 Å². The van der Waals surface area contributed by atoms with E-state index in [0.717, 1.165) is 49.0 Å². The lowest BCUT2D eigenvalue weighted by molar-refractivity contribution is -0.128. The number of benzene rings is 1. The summed E-state index contributed by atoms with van der Waals surface area (Å²) in [6.07, 6.45) is 3.52. The minimum atomic E-state index is 0.212. The van der Waals surface area contributed by atoms with Gasteiger partial charge in [0.2, 0.25) is 5.91 Å². The maximum atomic E-state index is 12.5.